The summed E-state index contributed by atoms with van der Waals surface area (Å²) in [4.78, 5) is 4.41. The number of hydrogen-bond donors (Lipinski definition) is 1. The lowest BCUT2D eigenvalue weighted by Gasteiger charge is -2.17. The molecule has 3 heteroatoms. The third-order valence-corrected chi connectivity index (χ3v) is 3.83. The standard InChI is InChI=1S/C17H19N3/c1-18-16(12-17-19-9-10-20(17)2)15-8-7-13-5-3-4-6-14(13)11-15/h3-11,16,18H,12H2,1-2H3. The summed E-state index contributed by atoms with van der Waals surface area (Å²) in [6.07, 6.45) is 4.73. The number of benzene rings is 2. The zero-order chi connectivity index (χ0) is 13.9. The van der Waals surface area contributed by atoms with Crippen LogP contribution in [0.4, 0.5) is 0 Å². The van der Waals surface area contributed by atoms with Crippen molar-refractivity contribution < 1.29 is 0 Å². The van der Waals surface area contributed by atoms with Gasteiger partial charge in [-0.2, -0.15) is 0 Å². The molecule has 0 amide bonds. The molecular weight excluding hydrogens is 246 g/mol. The number of aryl methyl sites for hydroxylation is 1. The van der Waals surface area contributed by atoms with Crippen LogP contribution in [0.15, 0.2) is 54.9 Å². The summed E-state index contributed by atoms with van der Waals surface area (Å²) >= 11 is 0. The molecule has 1 atom stereocenters. The van der Waals surface area contributed by atoms with Crippen LogP contribution in [-0.4, -0.2) is 16.6 Å². The minimum atomic E-state index is 0.278. The fraction of sp³-hybridized carbons (Fsp3) is 0.235. The number of rotatable bonds is 4. The number of aromatic nitrogens is 2. The van der Waals surface area contributed by atoms with Gasteiger partial charge in [-0.05, 0) is 29.4 Å². The molecule has 0 aliphatic carbocycles. The Labute approximate surface area is 119 Å². The number of nitrogens with zero attached hydrogens (tertiary/aromatic N) is 2. The zero-order valence-corrected chi connectivity index (χ0v) is 11.9. The van der Waals surface area contributed by atoms with Crippen molar-refractivity contribution in [3.8, 4) is 0 Å². The Morgan fingerprint density at radius 2 is 1.95 bits per heavy atom. The predicted molar refractivity (Wildman–Crippen MR) is 82.7 cm³/mol. The van der Waals surface area contributed by atoms with Crippen molar-refractivity contribution in [3.05, 3.63) is 66.2 Å². The first-order valence-electron chi connectivity index (χ1n) is 6.90. The summed E-state index contributed by atoms with van der Waals surface area (Å²) in [7, 11) is 4.04. The molecule has 0 aliphatic rings. The van der Waals surface area contributed by atoms with Gasteiger partial charge < -0.3 is 9.88 Å². The molecular formula is C17H19N3. The van der Waals surface area contributed by atoms with Gasteiger partial charge >= 0.3 is 0 Å². The maximum absolute atomic E-state index is 4.41. The number of likely N-dealkylation sites (N-methyl/N-ethyl adjacent to an activating group) is 1. The number of nitrogens with one attached hydrogen (secondary N) is 1. The van der Waals surface area contributed by atoms with Crippen LogP contribution >= 0.6 is 0 Å². The number of imidazole rings is 1. The Morgan fingerprint density at radius 1 is 1.15 bits per heavy atom. The zero-order valence-electron chi connectivity index (χ0n) is 11.9. The monoisotopic (exact) mass is 265 g/mol. The second-order valence-corrected chi connectivity index (χ2v) is 5.11. The van der Waals surface area contributed by atoms with Gasteiger partial charge in [0.2, 0.25) is 0 Å². The van der Waals surface area contributed by atoms with Gasteiger partial charge in [0.05, 0.1) is 0 Å². The average Bonchev–Trinajstić information content (AvgIpc) is 2.89. The number of hydrogen-bond acceptors (Lipinski definition) is 2. The Morgan fingerprint density at radius 3 is 2.65 bits per heavy atom. The highest BCUT2D eigenvalue weighted by atomic mass is 15.0. The van der Waals surface area contributed by atoms with Crippen LogP contribution in [0.1, 0.15) is 17.4 Å². The second-order valence-electron chi connectivity index (χ2n) is 5.11. The van der Waals surface area contributed by atoms with Gasteiger partial charge in [-0.15, -0.1) is 0 Å². The maximum Gasteiger partial charge on any atom is 0.110 e. The molecule has 3 rings (SSSR count). The van der Waals surface area contributed by atoms with Crippen molar-refractivity contribution in [1.82, 2.24) is 14.9 Å². The van der Waals surface area contributed by atoms with Crippen LogP contribution in [0.5, 0.6) is 0 Å². The Kier molecular flexibility index (Phi) is 3.52. The molecule has 0 fully saturated rings. The lowest BCUT2D eigenvalue weighted by molar-refractivity contribution is 0.564. The minimum absolute atomic E-state index is 0.278. The molecule has 0 bridgehead atoms. The van der Waals surface area contributed by atoms with Gasteiger partial charge in [-0.3, -0.25) is 0 Å². The van der Waals surface area contributed by atoms with E-state index in [1.807, 2.05) is 26.5 Å². The summed E-state index contributed by atoms with van der Waals surface area (Å²) in [5.41, 5.74) is 1.30. The van der Waals surface area contributed by atoms with E-state index in [-0.39, 0.29) is 6.04 Å². The first-order valence-corrected chi connectivity index (χ1v) is 6.90. The SMILES string of the molecule is CNC(Cc1nccn1C)c1ccc2ccccc2c1. The minimum Gasteiger partial charge on any atom is -0.338 e. The van der Waals surface area contributed by atoms with Gasteiger partial charge in [0.25, 0.3) is 0 Å². The normalized spacial score (nSPS) is 12.7. The van der Waals surface area contributed by atoms with Crippen molar-refractivity contribution >= 4 is 10.8 Å². The Balaban J connectivity index is 1.92. The summed E-state index contributed by atoms with van der Waals surface area (Å²) in [5.74, 6) is 1.09. The summed E-state index contributed by atoms with van der Waals surface area (Å²) in [5, 5.41) is 5.96. The van der Waals surface area contributed by atoms with Crippen LogP contribution in [0.25, 0.3) is 10.8 Å². The van der Waals surface area contributed by atoms with Crippen LogP contribution in [-0.2, 0) is 13.5 Å². The molecule has 1 aromatic heterocycles. The molecule has 0 radical (unpaired) electrons. The summed E-state index contributed by atoms with van der Waals surface area (Å²) < 4.78 is 2.07. The molecule has 102 valence electrons. The van der Waals surface area contributed by atoms with Crippen molar-refractivity contribution in [2.75, 3.05) is 7.05 Å². The van der Waals surface area contributed by atoms with E-state index in [2.05, 4.69) is 57.3 Å². The van der Waals surface area contributed by atoms with Crippen LogP contribution < -0.4 is 5.32 Å². The molecule has 1 N–H and O–H groups in total. The lowest BCUT2D eigenvalue weighted by Crippen LogP contribution is -2.20. The second kappa shape index (κ2) is 5.47. The molecule has 3 nitrogen and oxygen atoms in total. The van der Waals surface area contributed by atoms with Gasteiger partial charge in [-0.25, -0.2) is 4.98 Å². The van der Waals surface area contributed by atoms with Gasteiger partial charge in [-0.1, -0.05) is 36.4 Å². The van der Waals surface area contributed by atoms with E-state index in [0.29, 0.717) is 0 Å². The van der Waals surface area contributed by atoms with E-state index in [1.165, 1.54) is 16.3 Å². The first kappa shape index (κ1) is 12.9. The fourth-order valence-corrected chi connectivity index (χ4v) is 2.59. The van der Waals surface area contributed by atoms with E-state index in [1.54, 1.807) is 0 Å². The topological polar surface area (TPSA) is 29.9 Å². The molecule has 0 spiro atoms. The van der Waals surface area contributed by atoms with E-state index in [4.69, 9.17) is 0 Å². The largest absolute Gasteiger partial charge is 0.338 e. The van der Waals surface area contributed by atoms with Crippen molar-refractivity contribution in [2.24, 2.45) is 7.05 Å². The molecule has 3 aromatic rings. The maximum atomic E-state index is 4.41. The Bertz CT molecular complexity index is 715. The summed E-state index contributed by atoms with van der Waals surface area (Å²) in [6, 6.07) is 15.4. The van der Waals surface area contributed by atoms with Gasteiger partial charge in [0, 0.05) is 31.9 Å². The molecule has 2 aromatic carbocycles. The Hall–Kier alpha value is -2.13. The highest BCUT2D eigenvalue weighted by Crippen LogP contribution is 2.22. The van der Waals surface area contributed by atoms with Crippen molar-refractivity contribution in [3.63, 3.8) is 0 Å². The highest BCUT2D eigenvalue weighted by Gasteiger charge is 2.13. The highest BCUT2D eigenvalue weighted by molar-refractivity contribution is 5.83. The van der Waals surface area contributed by atoms with E-state index < -0.39 is 0 Å². The van der Waals surface area contributed by atoms with E-state index in [9.17, 15) is 0 Å². The molecule has 0 aliphatic heterocycles. The first-order chi connectivity index (χ1) is 9.78. The average molecular weight is 265 g/mol. The van der Waals surface area contributed by atoms with Gasteiger partial charge in [0.15, 0.2) is 0 Å². The van der Waals surface area contributed by atoms with E-state index >= 15 is 0 Å². The smallest absolute Gasteiger partial charge is 0.110 e. The third-order valence-electron chi connectivity index (χ3n) is 3.83. The molecule has 20 heavy (non-hydrogen) atoms. The third kappa shape index (κ3) is 2.45. The summed E-state index contributed by atoms with van der Waals surface area (Å²) in [6.45, 7) is 0. The predicted octanol–water partition coefficient (Wildman–Crippen LogP) is 3.08. The van der Waals surface area contributed by atoms with E-state index in [0.717, 1.165) is 12.2 Å². The lowest BCUT2D eigenvalue weighted by atomic mass is 9.99. The van der Waals surface area contributed by atoms with Crippen LogP contribution in [0, 0.1) is 0 Å². The van der Waals surface area contributed by atoms with Crippen LogP contribution in [0.3, 0.4) is 0 Å². The van der Waals surface area contributed by atoms with Crippen LogP contribution in [0.2, 0.25) is 0 Å². The molecule has 1 unspecified atom stereocenters. The fourth-order valence-electron chi connectivity index (χ4n) is 2.59. The van der Waals surface area contributed by atoms with Crippen molar-refractivity contribution in [2.45, 2.75) is 12.5 Å². The quantitative estimate of drug-likeness (QED) is 0.785. The number of fused-ring (bicyclic) bond motifs is 1. The molecule has 1 heterocycles. The molecule has 0 saturated heterocycles. The van der Waals surface area contributed by atoms with Gasteiger partial charge in [0.1, 0.15) is 5.82 Å². The molecule has 0 saturated carbocycles. The van der Waals surface area contributed by atoms with Crippen molar-refractivity contribution in [1.29, 1.82) is 0 Å².